The SMILES string of the molecule is CCc1ccc(CNCC(=O)N(C)C)cc1. The first-order chi connectivity index (χ1) is 7.63. The zero-order chi connectivity index (χ0) is 12.0. The maximum atomic E-state index is 11.3. The molecule has 1 N–H and O–H groups in total. The van der Waals surface area contributed by atoms with Crippen LogP contribution in [0.1, 0.15) is 18.1 Å². The van der Waals surface area contributed by atoms with Crippen molar-refractivity contribution in [1.29, 1.82) is 0 Å². The van der Waals surface area contributed by atoms with Crippen molar-refractivity contribution < 1.29 is 4.79 Å². The quantitative estimate of drug-likeness (QED) is 0.814. The molecule has 0 fully saturated rings. The second kappa shape index (κ2) is 6.28. The van der Waals surface area contributed by atoms with Gasteiger partial charge < -0.3 is 10.2 Å². The summed E-state index contributed by atoms with van der Waals surface area (Å²) in [6, 6.07) is 8.47. The van der Waals surface area contributed by atoms with E-state index >= 15 is 0 Å². The Hall–Kier alpha value is -1.35. The number of hydrogen-bond donors (Lipinski definition) is 1. The van der Waals surface area contributed by atoms with Gasteiger partial charge in [-0.25, -0.2) is 0 Å². The molecule has 0 heterocycles. The lowest BCUT2D eigenvalue weighted by molar-refractivity contribution is -0.127. The third-order valence-corrected chi connectivity index (χ3v) is 2.54. The smallest absolute Gasteiger partial charge is 0.236 e. The second-order valence-corrected chi connectivity index (χ2v) is 4.06. The zero-order valence-electron chi connectivity index (χ0n) is 10.3. The fourth-order valence-corrected chi connectivity index (χ4v) is 1.36. The summed E-state index contributed by atoms with van der Waals surface area (Å²) >= 11 is 0. The Morgan fingerprint density at radius 3 is 2.25 bits per heavy atom. The van der Waals surface area contributed by atoms with E-state index in [0.29, 0.717) is 6.54 Å². The summed E-state index contributed by atoms with van der Waals surface area (Å²) in [5.74, 6) is 0.102. The number of likely N-dealkylation sites (N-methyl/N-ethyl adjacent to an activating group) is 1. The number of carbonyl (C=O) groups excluding carboxylic acids is 1. The minimum Gasteiger partial charge on any atom is -0.348 e. The molecular weight excluding hydrogens is 200 g/mol. The van der Waals surface area contributed by atoms with Crippen LogP contribution in [0.25, 0.3) is 0 Å². The molecule has 0 bridgehead atoms. The van der Waals surface area contributed by atoms with E-state index in [9.17, 15) is 4.79 Å². The van der Waals surface area contributed by atoms with E-state index in [1.54, 1.807) is 19.0 Å². The maximum Gasteiger partial charge on any atom is 0.236 e. The molecule has 0 radical (unpaired) electrons. The van der Waals surface area contributed by atoms with Gasteiger partial charge in [-0.3, -0.25) is 4.79 Å². The van der Waals surface area contributed by atoms with E-state index in [0.717, 1.165) is 13.0 Å². The predicted octanol–water partition coefficient (Wildman–Crippen LogP) is 1.43. The molecule has 0 aromatic heterocycles. The Bertz CT molecular complexity index is 330. The molecule has 1 aromatic carbocycles. The number of hydrogen-bond acceptors (Lipinski definition) is 2. The Labute approximate surface area is 97.5 Å². The van der Waals surface area contributed by atoms with Gasteiger partial charge in [-0.2, -0.15) is 0 Å². The fraction of sp³-hybridized carbons (Fsp3) is 0.462. The Kier molecular flexibility index (Phi) is 4.99. The van der Waals surface area contributed by atoms with E-state index in [4.69, 9.17) is 0 Å². The van der Waals surface area contributed by atoms with Crippen molar-refractivity contribution in [3.05, 3.63) is 35.4 Å². The summed E-state index contributed by atoms with van der Waals surface area (Å²) in [5.41, 5.74) is 2.55. The molecule has 1 aromatic rings. The largest absolute Gasteiger partial charge is 0.348 e. The molecule has 0 aliphatic rings. The van der Waals surface area contributed by atoms with Crippen molar-refractivity contribution in [2.24, 2.45) is 0 Å². The summed E-state index contributed by atoms with van der Waals surface area (Å²) < 4.78 is 0. The van der Waals surface area contributed by atoms with Gasteiger partial charge in [-0.15, -0.1) is 0 Å². The summed E-state index contributed by atoms with van der Waals surface area (Å²) in [6.07, 6.45) is 1.06. The van der Waals surface area contributed by atoms with Crippen LogP contribution in [0.5, 0.6) is 0 Å². The third-order valence-electron chi connectivity index (χ3n) is 2.54. The van der Waals surface area contributed by atoms with Crippen LogP contribution in [0.4, 0.5) is 0 Å². The summed E-state index contributed by atoms with van der Waals surface area (Å²) in [7, 11) is 3.53. The molecule has 16 heavy (non-hydrogen) atoms. The van der Waals surface area contributed by atoms with E-state index in [-0.39, 0.29) is 5.91 Å². The molecule has 88 valence electrons. The number of nitrogens with zero attached hydrogens (tertiary/aromatic N) is 1. The number of carbonyl (C=O) groups is 1. The summed E-state index contributed by atoms with van der Waals surface area (Å²) in [5, 5.41) is 3.13. The van der Waals surface area contributed by atoms with Crippen molar-refractivity contribution in [2.75, 3.05) is 20.6 Å². The van der Waals surface area contributed by atoms with Gasteiger partial charge in [0.2, 0.25) is 5.91 Å². The number of aryl methyl sites for hydroxylation is 1. The highest BCUT2D eigenvalue weighted by molar-refractivity contribution is 5.77. The van der Waals surface area contributed by atoms with Crippen molar-refractivity contribution in [3.8, 4) is 0 Å². The van der Waals surface area contributed by atoms with Crippen LogP contribution in [0, 0.1) is 0 Å². The molecule has 1 amide bonds. The van der Waals surface area contributed by atoms with Crippen LogP contribution in [-0.2, 0) is 17.8 Å². The maximum absolute atomic E-state index is 11.3. The van der Waals surface area contributed by atoms with Crippen LogP contribution in [-0.4, -0.2) is 31.4 Å². The molecule has 0 saturated heterocycles. The molecule has 0 aliphatic heterocycles. The number of rotatable bonds is 5. The van der Waals surface area contributed by atoms with E-state index in [2.05, 4.69) is 36.5 Å². The minimum absolute atomic E-state index is 0.102. The van der Waals surface area contributed by atoms with Crippen LogP contribution in [0.2, 0.25) is 0 Å². The van der Waals surface area contributed by atoms with Crippen molar-refractivity contribution in [3.63, 3.8) is 0 Å². The average Bonchev–Trinajstić information content (AvgIpc) is 2.29. The highest BCUT2D eigenvalue weighted by atomic mass is 16.2. The predicted molar refractivity (Wildman–Crippen MR) is 66.2 cm³/mol. The molecule has 0 spiro atoms. The van der Waals surface area contributed by atoms with Gasteiger partial charge in [0.15, 0.2) is 0 Å². The lowest BCUT2D eigenvalue weighted by Gasteiger charge is -2.11. The Balaban J connectivity index is 2.34. The van der Waals surface area contributed by atoms with Crippen LogP contribution in [0.15, 0.2) is 24.3 Å². The summed E-state index contributed by atoms with van der Waals surface area (Å²) in [4.78, 5) is 12.9. The van der Waals surface area contributed by atoms with Gasteiger partial charge in [0.25, 0.3) is 0 Å². The topological polar surface area (TPSA) is 32.3 Å². The van der Waals surface area contributed by atoms with Crippen LogP contribution in [0.3, 0.4) is 0 Å². The highest BCUT2D eigenvalue weighted by Crippen LogP contribution is 2.04. The van der Waals surface area contributed by atoms with Crippen molar-refractivity contribution in [2.45, 2.75) is 19.9 Å². The van der Waals surface area contributed by atoms with Gasteiger partial charge in [-0.05, 0) is 17.5 Å². The Morgan fingerprint density at radius 2 is 1.75 bits per heavy atom. The monoisotopic (exact) mass is 220 g/mol. The van der Waals surface area contributed by atoms with Gasteiger partial charge in [0, 0.05) is 20.6 Å². The van der Waals surface area contributed by atoms with Gasteiger partial charge in [-0.1, -0.05) is 31.2 Å². The highest BCUT2D eigenvalue weighted by Gasteiger charge is 2.02. The van der Waals surface area contributed by atoms with Crippen molar-refractivity contribution >= 4 is 5.91 Å². The molecule has 1 rings (SSSR count). The minimum atomic E-state index is 0.102. The van der Waals surface area contributed by atoms with Crippen molar-refractivity contribution in [1.82, 2.24) is 10.2 Å². The molecule has 0 unspecified atom stereocenters. The molecule has 0 aliphatic carbocycles. The third kappa shape index (κ3) is 4.03. The Morgan fingerprint density at radius 1 is 1.19 bits per heavy atom. The average molecular weight is 220 g/mol. The van der Waals surface area contributed by atoms with Gasteiger partial charge in [0.1, 0.15) is 0 Å². The van der Waals surface area contributed by atoms with Gasteiger partial charge in [0.05, 0.1) is 6.54 Å². The number of nitrogens with one attached hydrogen (secondary N) is 1. The van der Waals surface area contributed by atoms with E-state index < -0.39 is 0 Å². The van der Waals surface area contributed by atoms with Gasteiger partial charge >= 0.3 is 0 Å². The summed E-state index contributed by atoms with van der Waals surface area (Å²) in [6.45, 7) is 3.27. The van der Waals surface area contributed by atoms with Crippen LogP contribution >= 0.6 is 0 Å². The van der Waals surface area contributed by atoms with E-state index in [1.165, 1.54) is 11.1 Å². The molecule has 3 nitrogen and oxygen atoms in total. The molecule has 0 saturated carbocycles. The standard InChI is InChI=1S/C13H20N2O/c1-4-11-5-7-12(8-6-11)9-14-10-13(16)15(2)3/h5-8,14H,4,9-10H2,1-3H3. The fourth-order valence-electron chi connectivity index (χ4n) is 1.36. The number of amides is 1. The molecule has 0 atom stereocenters. The first-order valence-electron chi connectivity index (χ1n) is 5.62. The van der Waals surface area contributed by atoms with E-state index in [1.807, 2.05) is 0 Å². The normalized spacial score (nSPS) is 10.2. The first kappa shape index (κ1) is 12.7. The number of benzene rings is 1. The molecule has 3 heteroatoms. The molecular formula is C13H20N2O. The lowest BCUT2D eigenvalue weighted by atomic mass is 10.1. The zero-order valence-corrected chi connectivity index (χ0v) is 10.3. The second-order valence-electron chi connectivity index (χ2n) is 4.06. The van der Waals surface area contributed by atoms with Crippen LogP contribution < -0.4 is 5.32 Å². The lowest BCUT2D eigenvalue weighted by Crippen LogP contribution is -2.32. The first-order valence-corrected chi connectivity index (χ1v) is 5.62.